The summed E-state index contributed by atoms with van der Waals surface area (Å²) in [5, 5.41) is 16.3. The second-order valence-corrected chi connectivity index (χ2v) is 14.6. The summed E-state index contributed by atoms with van der Waals surface area (Å²) >= 11 is 3.58. The van der Waals surface area contributed by atoms with Crippen LogP contribution in [0.1, 0.15) is 50.2 Å². The van der Waals surface area contributed by atoms with Gasteiger partial charge in [-0.2, -0.15) is 5.26 Å². The highest BCUT2D eigenvalue weighted by Crippen LogP contribution is 2.41. The Hall–Kier alpha value is -5.42. The molecule has 1 saturated heterocycles. The first kappa shape index (κ1) is 42.3. The zero-order valence-electron chi connectivity index (χ0n) is 30.7. The SMILES string of the molecule is CCO/N=C(\CC(=O)OC(C)(C)C)C(=O)NC1C(=O)N2C(C(=O)OCc3ccc(OC)cc3)=C(CI)CSC12.N#CNC(=O)c1cc(-c2ccncc2)c[nH]1. The first-order chi connectivity index (χ1) is 26.3. The van der Waals surface area contributed by atoms with Crippen LogP contribution < -0.4 is 15.4 Å². The standard InChI is InChI=1S/C26H32IN3O8S.C11H8N4O/c1-6-37-29-18(11-19(31)38-26(2,3)4)22(32)28-20-23(33)30-21(16(12-27)14-39-24(20)30)25(34)36-13-15-7-9-17(35-5)10-8-15;12-7-15-11(16)10-5-9(6-14-10)8-1-3-13-4-2-8/h7-10,20,24H,6,11-14H2,1-5H3,(H,28,32);1-6,14H,(H,15,16)/b29-18+;. The van der Waals surface area contributed by atoms with Crippen molar-refractivity contribution in [3.63, 3.8) is 0 Å². The van der Waals surface area contributed by atoms with E-state index in [-0.39, 0.29) is 24.6 Å². The number of halogens is 1. The molecule has 3 aromatic rings. The molecule has 1 aromatic carbocycles. The number of oxime groups is 1. The van der Waals surface area contributed by atoms with Crippen LogP contribution in [0.15, 0.2) is 77.5 Å². The number of aromatic nitrogens is 2. The van der Waals surface area contributed by atoms with Gasteiger partial charge in [0.05, 0.1) is 13.5 Å². The van der Waals surface area contributed by atoms with E-state index >= 15 is 0 Å². The lowest BCUT2D eigenvalue weighted by Crippen LogP contribution is -2.71. The fourth-order valence-corrected chi connectivity index (χ4v) is 7.45. The number of esters is 2. The molecular weight excluding hydrogens is 845 g/mol. The Morgan fingerprint density at radius 2 is 1.84 bits per heavy atom. The summed E-state index contributed by atoms with van der Waals surface area (Å²) in [4.78, 5) is 76.0. The number of benzene rings is 1. The molecule has 1 fully saturated rings. The lowest BCUT2D eigenvalue weighted by Gasteiger charge is -2.49. The Kier molecular flexibility index (Phi) is 15.2. The molecule has 18 heteroatoms. The van der Waals surface area contributed by atoms with Gasteiger partial charge in [0.1, 0.15) is 47.4 Å². The molecule has 4 heterocycles. The van der Waals surface area contributed by atoms with E-state index in [1.165, 1.54) is 16.7 Å². The summed E-state index contributed by atoms with van der Waals surface area (Å²) in [5.41, 5.74) is 3.00. The first-order valence-corrected chi connectivity index (χ1v) is 19.4. The average molecular weight is 886 g/mol. The van der Waals surface area contributed by atoms with E-state index in [0.717, 1.165) is 22.3 Å². The predicted molar refractivity (Wildman–Crippen MR) is 210 cm³/mol. The van der Waals surface area contributed by atoms with E-state index in [4.69, 9.17) is 24.3 Å². The van der Waals surface area contributed by atoms with Crippen molar-refractivity contribution < 1.29 is 43.0 Å². The number of alkyl halides is 1. The van der Waals surface area contributed by atoms with Crippen LogP contribution in [0.3, 0.4) is 0 Å². The van der Waals surface area contributed by atoms with Crippen LogP contribution in [0.2, 0.25) is 0 Å². The van der Waals surface area contributed by atoms with Gasteiger partial charge in [0.2, 0.25) is 0 Å². The van der Waals surface area contributed by atoms with Gasteiger partial charge in [0.15, 0.2) is 11.9 Å². The van der Waals surface area contributed by atoms with Crippen molar-refractivity contribution in [3.8, 4) is 23.1 Å². The number of carbonyl (C=O) groups excluding carboxylic acids is 5. The van der Waals surface area contributed by atoms with Crippen LogP contribution in [0, 0.1) is 11.5 Å². The Morgan fingerprint density at radius 3 is 2.45 bits per heavy atom. The molecule has 5 rings (SSSR count). The van der Waals surface area contributed by atoms with Gasteiger partial charge < -0.3 is 29.3 Å². The number of ether oxygens (including phenoxy) is 3. The van der Waals surface area contributed by atoms with Crippen LogP contribution in [-0.4, -0.2) is 91.2 Å². The zero-order valence-corrected chi connectivity index (χ0v) is 33.7. The second kappa shape index (κ2) is 19.8. The van der Waals surface area contributed by atoms with Crippen LogP contribution in [0.4, 0.5) is 0 Å². The third-order valence-corrected chi connectivity index (χ3v) is 9.89. The molecule has 0 spiro atoms. The maximum absolute atomic E-state index is 13.2. The molecule has 2 unspecified atom stereocenters. The van der Waals surface area contributed by atoms with Crippen molar-refractivity contribution in [2.75, 3.05) is 23.9 Å². The third kappa shape index (κ3) is 11.5. The van der Waals surface area contributed by atoms with Crippen molar-refractivity contribution in [3.05, 3.63) is 83.6 Å². The Morgan fingerprint density at radius 1 is 1.13 bits per heavy atom. The Bertz CT molecular complexity index is 1970. The van der Waals surface area contributed by atoms with Gasteiger partial charge in [-0.3, -0.25) is 34.4 Å². The van der Waals surface area contributed by atoms with E-state index < -0.39 is 53.1 Å². The zero-order chi connectivity index (χ0) is 40.1. The summed E-state index contributed by atoms with van der Waals surface area (Å²) < 4.78 is 16.5. The first-order valence-electron chi connectivity index (χ1n) is 16.8. The molecule has 2 atom stereocenters. The predicted octanol–water partition coefficient (Wildman–Crippen LogP) is 4.24. The summed E-state index contributed by atoms with van der Waals surface area (Å²) in [6.45, 7) is 7.04. The summed E-state index contributed by atoms with van der Waals surface area (Å²) in [6.07, 6.45) is 6.23. The van der Waals surface area contributed by atoms with Gasteiger partial charge in [-0.25, -0.2) is 4.79 Å². The number of H-pyrrole nitrogens is 1. The number of nitriles is 1. The molecule has 2 aromatic heterocycles. The quantitative estimate of drug-likeness (QED) is 0.0322. The number of rotatable bonds is 13. The van der Waals surface area contributed by atoms with Crippen molar-refractivity contribution in [2.24, 2.45) is 5.16 Å². The van der Waals surface area contributed by atoms with Crippen LogP contribution >= 0.6 is 34.4 Å². The van der Waals surface area contributed by atoms with E-state index in [1.54, 1.807) is 89.9 Å². The minimum Gasteiger partial charge on any atom is -0.497 e. The monoisotopic (exact) mass is 885 g/mol. The van der Waals surface area contributed by atoms with E-state index in [9.17, 15) is 24.0 Å². The molecule has 0 saturated carbocycles. The topological polar surface area (TPSA) is 214 Å². The molecule has 3 amide bonds. The van der Waals surface area contributed by atoms with E-state index in [0.29, 0.717) is 21.6 Å². The molecule has 0 bridgehead atoms. The van der Waals surface area contributed by atoms with Gasteiger partial charge >= 0.3 is 11.9 Å². The summed E-state index contributed by atoms with van der Waals surface area (Å²) in [6, 6.07) is 11.6. The highest BCUT2D eigenvalue weighted by Gasteiger charge is 2.54. The minimum absolute atomic E-state index is 0.0305. The molecule has 0 radical (unpaired) electrons. The van der Waals surface area contributed by atoms with Gasteiger partial charge in [-0.15, -0.1) is 11.8 Å². The smallest absolute Gasteiger partial charge is 0.355 e. The lowest BCUT2D eigenvalue weighted by molar-refractivity contribution is -0.154. The van der Waals surface area contributed by atoms with E-state index in [1.807, 2.05) is 17.4 Å². The molecule has 2 aliphatic rings. The normalized spacial score (nSPS) is 16.3. The molecular formula is C37H40IN7O9S. The lowest BCUT2D eigenvalue weighted by atomic mass is 10.0. The highest BCUT2D eigenvalue weighted by molar-refractivity contribution is 14.1. The second-order valence-electron chi connectivity index (χ2n) is 12.7. The number of aromatic amines is 1. The van der Waals surface area contributed by atoms with Crippen molar-refractivity contribution >= 4 is 69.7 Å². The fourth-order valence-electron chi connectivity index (χ4n) is 5.10. The Balaban J connectivity index is 0.000000348. The summed E-state index contributed by atoms with van der Waals surface area (Å²) in [7, 11) is 1.57. The maximum Gasteiger partial charge on any atom is 0.355 e. The molecule has 2 aliphatic heterocycles. The fraction of sp³-hybridized carbons (Fsp3) is 0.351. The number of β-lactam (4-membered cyclic amide) rings is 1. The molecule has 55 heavy (non-hydrogen) atoms. The molecule has 3 N–H and O–H groups in total. The largest absolute Gasteiger partial charge is 0.497 e. The molecule has 0 aliphatic carbocycles. The van der Waals surface area contributed by atoms with Gasteiger partial charge in [-0.05, 0) is 74.7 Å². The molecule has 16 nitrogen and oxygen atoms in total. The minimum atomic E-state index is -0.909. The number of hydrogen-bond acceptors (Lipinski definition) is 13. The third-order valence-electron chi connectivity index (χ3n) is 7.63. The van der Waals surface area contributed by atoms with Gasteiger partial charge in [0.25, 0.3) is 17.7 Å². The number of amides is 3. The number of fused-ring (bicyclic) bond motifs is 1. The van der Waals surface area contributed by atoms with Crippen molar-refractivity contribution in [1.29, 1.82) is 5.26 Å². The number of nitrogens with zero attached hydrogens (tertiary/aromatic N) is 4. The number of methoxy groups -OCH3 is 1. The number of pyridine rings is 1. The number of carbonyl (C=O) groups is 5. The van der Waals surface area contributed by atoms with Gasteiger partial charge in [-0.1, -0.05) is 39.9 Å². The van der Waals surface area contributed by atoms with Crippen molar-refractivity contribution in [1.82, 2.24) is 25.5 Å². The van der Waals surface area contributed by atoms with Crippen LogP contribution in [-0.2, 0) is 40.1 Å². The average Bonchev–Trinajstić information content (AvgIpc) is 3.68. The number of hydrogen-bond donors (Lipinski definition) is 3. The highest BCUT2D eigenvalue weighted by atomic mass is 127. The van der Waals surface area contributed by atoms with Crippen LogP contribution in [0.5, 0.6) is 5.75 Å². The van der Waals surface area contributed by atoms with Crippen LogP contribution in [0.25, 0.3) is 11.1 Å². The van der Waals surface area contributed by atoms with E-state index in [2.05, 4.69) is 43.0 Å². The van der Waals surface area contributed by atoms with Crippen molar-refractivity contribution in [2.45, 2.75) is 57.7 Å². The van der Waals surface area contributed by atoms with Gasteiger partial charge in [0, 0.05) is 34.3 Å². The number of thioether (sulfide) groups is 1. The number of nitrogens with one attached hydrogen (secondary N) is 3. The molecule has 290 valence electrons. The maximum atomic E-state index is 13.2. The Labute approximate surface area is 335 Å². The summed E-state index contributed by atoms with van der Waals surface area (Å²) in [5.74, 6) is -1.69.